The fourth-order valence-electron chi connectivity index (χ4n) is 3.90. The molecule has 1 saturated heterocycles. The highest BCUT2D eigenvalue weighted by Gasteiger charge is 2.22. The van der Waals surface area contributed by atoms with Crippen molar-refractivity contribution in [3.05, 3.63) is 65.7 Å². The number of hydrogen-bond acceptors (Lipinski definition) is 4. The van der Waals surface area contributed by atoms with Gasteiger partial charge in [-0.2, -0.15) is 0 Å². The first kappa shape index (κ1) is 26.6. The molecule has 2 aromatic carbocycles. The van der Waals surface area contributed by atoms with Crippen molar-refractivity contribution in [2.45, 2.75) is 24.2 Å². The molecule has 1 unspecified atom stereocenters. The number of aliphatic imine (C=N–C) groups is 1. The molecule has 8 heteroatoms. The van der Waals surface area contributed by atoms with E-state index in [9.17, 15) is 8.42 Å². The van der Waals surface area contributed by atoms with E-state index in [1.165, 1.54) is 18.2 Å². The molecule has 2 aromatic rings. The number of halogens is 1. The van der Waals surface area contributed by atoms with Gasteiger partial charge in [0.05, 0.1) is 4.90 Å². The minimum Gasteiger partial charge on any atom is -0.356 e. The van der Waals surface area contributed by atoms with Crippen molar-refractivity contribution in [1.82, 2.24) is 15.5 Å². The lowest BCUT2D eigenvalue weighted by atomic mass is 10.1. The zero-order valence-corrected chi connectivity index (χ0v) is 22.1. The van der Waals surface area contributed by atoms with Crippen LogP contribution < -0.4 is 10.6 Å². The van der Waals surface area contributed by atoms with E-state index in [2.05, 4.69) is 50.9 Å². The summed E-state index contributed by atoms with van der Waals surface area (Å²) in [5, 5.41) is 6.81. The quantitative estimate of drug-likeness (QED) is 0.276. The smallest absolute Gasteiger partial charge is 0.190 e. The Hall–Kier alpha value is -1.65. The fourth-order valence-corrected chi connectivity index (χ4v) is 4.54. The maximum absolute atomic E-state index is 11.5. The van der Waals surface area contributed by atoms with Crippen LogP contribution in [0.15, 0.2) is 64.5 Å². The van der Waals surface area contributed by atoms with Gasteiger partial charge < -0.3 is 15.5 Å². The molecule has 0 aromatic heterocycles. The second-order valence-corrected chi connectivity index (χ2v) is 10.3. The van der Waals surface area contributed by atoms with Gasteiger partial charge in [0.25, 0.3) is 0 Å². The lowest BCUT2D eigenvalue weighted by molar-refractivity contribution is 0.328. The highest BCUT2D eigenvalue weighted by molar-refractivity contribution is 14.0. The standard InChI is InChI=1S/C24H34N4O2S.HI/c1-25-24(26-15-12-21-8-10-23(11-9-21)31(2,29)30)27-18-22-14-17-28(19-22)16-13-20-6-4-3-5-7-20;/h3-11,22H,12-19H2,1-2H3,(H2,25,26,27);1H. The van der Waals surface area contributed by atoms with Gasteiger partial charge in [-0.25, -0.2) is 8.42 Å². The maximum Gasteiger partial charge on any atom is 0.190 e. The van der Waals surface area contributed by atoms with Gasteiger partial charge in [0.15, 0.2) is 15.8 Å². The molecule has 0 saturated carbocycles. The Balaban J connectivity index is 0.00000363. The van der Waals surface area contributed by atoms with Crippen molar-refractivity contribution in [2.24, 2.45) is 10.9 Å². The predicted octanol–water partition coefficient (Wildman–Crippen LogP) is 2.98. The summed E-state index contributed by atoms with van der Waals surface area (Å²) >= 11 is 0. The third-order valence-electron chi connectivity index (χ3n) is 5.77. The molecule has 1 fully saturated rings. The first-order chi connectivity index (χ1) is 14.9. The van der Waals surface area contributed by atoms with Crippen molar-refractivity contribution in [2.75, 3.05) is 46.0 Å². The SMILES string of the molecule is CN=C(NCCc1ccc(S(C)(=O)=O)cc1)NCC1CCN(CCc2ccccc2)C1.I. The summed E-state index contributed by atoms with van der Waals surface area (Å²) in [6, 6.07) is 17.8. The molecule has 1 aliphatic heterocycles. The number of likely N-dealkylation sites (tertiary alicyclic amines) is 1. The van der Waals surface area contributed by atoms with Gasteiger partial charge in [-0.1, -0.05) is 42.5 Å². The molecular weight excluding hydrogens is 535 g/mol. The molecule has 0 amide bonds. The second-order valence-electron chi connectivity index (χ2n) is 8.24. The van der Waals surface area contributed by atoms with Crippen LogP contribution in [0.2, 0.25) is 0 Å². The van der Waals surface area contributed by atoms with Crippen LogP contribution in [0.25, 0.3) is 0 Å². The highest BCUT2D eigenvalue weighted by Crippen LogP contribution is 2.16. The Morgan fingerprint density at radius 3 is 2.38 bits per heavy atom. The Morgan fingerprint density at radius 1 is 1.03 bits per heavy atom. The van der Waals surface area contributed by atoms with Gasteiger partial charge >= 0.3 is 0 Å². The van der Waals surface area contributed by atoms with Gasteiger partial charge in [-0.15, -0.1) is 24.0 Å². The zero-order chi connectivity index (χ0) is 22.1. The number of rotatable bonds is 9. The molecule has 1 atom stereocenters. The largest absolute Gasteiger partial charge is 0.356 e. The van der Waals surface area contributed by atoms with Crippen LogP contribution >= 0.6 is 24.0 Å². The molecule has 2 N–H and O–H groups in total. The maximum atomic E-state index is 11.5. The van der Waals surface area contributed by atoms with E-state index in [0.29, 0.717) is 10.8 Å². The Kier molecular flexibility index (Phi) is 10.9. The average molecular weight is 571 g/mol. The van der Waals surface area contributed by atoms with Crippen molar-refractivity contribution >= 4 is 39.8 Å². The average Bonchev–Trinajstić information content (AvgIpc) is 3.23. The summed E-state index contributed by atoms with van der Waals surface area (Å²) < 4.78 is 23.1. The van der Waals surface area contributed by atoms with Gasteiger partial charge in [0.2, 0.25) is 0 Å². The minimum absolute atomic E-state index is 0. The fraction of sp³-hybridized carbons (Fsp3) is 0.458. The molecular formula is C24H35IN4O2S. The zero-order valence-electron chi connectivity index (χ0n) is 19.0. The Morgan fingerprint density at radius 2 is 1.72 bits per heavy atom. The summed E-state index contributed by atoms with van der Waals surface area (Å²) in [6.07, 6.45) is 4.36. The van der Waals surface area contributed by atoms with E-state index in [0.717, 1.165) is 57.1 Å². The summed E-state index contributed by atoms with van der Waals surface area (Å²) in [5.74, 6) is 1.45. The highest BCUT2D eigenvalue weighted by atomic mass is 127. The topological polar surface area (TPSA) is 73.8 Å². The first-order valence-electron chi connectivity index (χ1n) is 10.9. The van der Waals surface area contributed by atoms with Crippen molar-refractivity contribution < 1.29 is 8.42 Å². The molecule has 3 rings (SSSR count). The van der Waals surface area contributed by atoms with E-state index in [-0.39, 0.29) is 24.0 Å². The first-order valence-corrected chi connectivity index (χ1v) is 12.8. The van der Waals surface area contributed by atoms with Gasteiger partial charge in [0.1, 0.15) is 0 Å². The second kappa shape index (κ2) is 13.2. The third-order valence-corrected chi connectivity index (χ3v) is 6.90. The van der Waals surface area contributed by atoms with Crippen molar-refractivity contribution in [3.63, 3.8) is 0 Å². The molecule has 6 nitrogen and oxygen atoms in total. The number of hydrogen-bond donors (Lipinski definition) is 2. The molecule has 176 valence electrons. The van der Waals surface area contributed by atoms with E-state index in [4.69, 9.17) is 0 Å². The lowest BCUT2D eigenvalue weighted by Gasteiger charge is -2.17. The van der Waals surface area contributed by atoms with Crippen LogP contribution in [0.4, 0.5) is 0 Å². The molecule has 1 heterocycles. The van der Waals surface area contributed by atoms with E-state index >= 15 is 0 Å². The Bertz CT molecular complexity index is 950. The summed E-state index contributed by atoms with van der Waals surface area (Å²) in [5.41, 5.74) is 2.50. The normalized spacial score (nSPS) is 17.1. The van der Waals surface area contributed by atoms with Gasteiger partial charge in [-0.05, 0) is 55.0 Å². The summed E-state index contributed by atoms with van der Waals surface area (Å²) in [6.45, 7) is 5.07. The number of nitrogens with zero attached hydrogens (tertiary/aromatic N) is 2. The van der Waals surface area contributed by atoms with E-state index in [1.54, 1.807) is 19.2 Å². The molecule has 0 aliphatic carbocycles. The monoisotopic (exact) mass is 570 g/mol. The lowest BCUT2D eigenvalue weighted by Crippen LogP contribution is -2.41. The molecule has 32 heavy (non-hydrogen) atoms. The van der Waals surface area contributed by atoms with Crippen LogP contribution in [0.5, 0.6) is 0 Å². The van der Waals surface area contributed by atoms with Crippen LogP contribution in [0, 0.1) is 5.92 Å². The third kappa shape index (κ3) is 8.71. The van der Waals surface area contributed by atoms with Crippen molar-refractivity contribution in [3.8, 4) is 0 Å². The van der Waals surface area contributed by atoms with Gasteiger partial charge in [-0.3, -0.25) is 4.99 Å². The number of benzene rings is 2. The predicted molar refractivity (Wildman–Crippen MR) is 143 cm³/mol. The Labute approximate surface area is 209 Å². The molecule has 0 bridgehead atoms. The minimum atomic E-state index is -3.14. The van der Waals surface area contributed by atoms with Crippen molar-refractivity contribution in [1.29, 1.82) is 0 Å². The number of guanidine groups is 1. The molecule has 1 aliphatic rings. The van der Waals surface area contributed by atoms with Crippen LogP contribution in [-0.2, 0) is 22.7 Å². The number of nitrogens with one attached hydrogen (secondary N) is 2. The van der Waals surface area contributed by atoms with Crippen LogP contribution in [-0.4, -0.2) is 65.3 Å². The molecule has 0 spiro atoms. The number of sulfone groups is 1. The van der Waals surface area contributed by atoms with Gasteiger partial charge in [0, 0.05) is 39.5 Å². The van der Waals surface area contributed by atoms with Crippen LogP contribution in [0.3, 0.4) is 0 Å². The van der Waals surface area contributed by atoms with E-state index < -0.39 is 9.84 Å². The summed E-state index contributed by atoms with van der Waals surface area (Å²) in [7, 11) is -1.35. The summed E-state index contributed by atoms with van der Waals surface area (Å²) in [4.78, 5) is 7.23. The molecule has 0 radical (unpaired) electrons. The van der Waals surface area contributed by atoms with Crippen LogP contribution in [0.1, 0.15) is 17.5 Å². The van der Waals surface area contributed by atoms with E-state index in [1.807, 2.05) is 12.1 Å².